The summed E-state index contributed by atoms with van der Waals surface area (Å²) in [5, 5.41) is 7.21. The number of fused-ring (bicyclic) bond motifs is 8. The SMILES string of the molecule is c1ccc(-c2cccc(-c3ccc(N(c4ccc(-c5cccc6oc7c8ccccc8ccc7c56)cc4)c4ccc5c(c4)sc4ccccc45)cc3)c2)cc1. The summed E-state index contributed by atoms with van der Waals surface area (Å²) < 4.78 is 9.11. The van der Waals surface area contributed by atoms with Crippen LogP contribution < -0.4 is 4.90 Å². The Morgan fingerprint density at radius 3 is 1.76 bits per heavy atom. The largest absolute Gasteiger partial charge is 0.455 e. The molecule has 11 aromatic rings. The first-order valence-electron chi connectivity index (χ1n) is 18.7. The van der Waals surface area contributed by atoms with Crippen molar-refractivity contribution in [2.75, 3.05) is 4.90 Å². The summed E-state index contributed by atoms with van der Waals surface area (Å²) in [7, 11) is 0. The van der Waals surface area contributed by atoms with Crippen molar-refractivity contribution in [3.05, 3.63) is 200 Å². The van der Waals surface area contributed by atoms with Gasteiger partial charge < -0.3 is 9.32 Å². The van der Waals surface area contributed by atoms with E-state index in [-0.39, 0.29) is 0 Å². The van der Waals surface area contributed by atoms with E-state index in [1.165, 1.54) is 53.4 Å². The fourth-order valence-electron chi connectivity index (χ4n) is 8.20. The lowest BCUT2D eigenvalue weighted by atomic mass is 9.97. The monoisotopic (exact) mass is 719 g/mol. The highest BCUT2D eigenvalue weighted by Crippen LogP contribution is 2.43. The van der Waals surface area contributed by atoms with Crippen molar-refractivity contribution in [2.24, 2.45) is 0 Å². The number of nitrogens with zero attached hydrogens (tertiary/aromatic N) is 1. The Labute approximate surface area is 322 Å². The second kappa shape index (κ2) is 12.9. The molecule has 55 heavy (non-hydrogen) atoms. The maximum Gasteiger partial charge on any atom is 0.143 e. The minimum absolute atomic E-state index is 0.903. The molecule has 9 aromatic carbocycles. The van der Waals surface area contributed by atoms with Crippen molar-refractivity contribution >= 4 is 81.3 Å². The number of furan rings is 1. The Morgan fingerprint density at radius 1 is 0.364 bits per heavy atom. The Morgan fingerprint density at radius 2 is 0.964 bits per heavy atom. The standard InChI is InChI=1S/C52H33NOS/c1-2-10-34(11-3-1)38-13-8-14-39(32-38)35-20-25-40(26-21-35)53(42-29-31-46-45-16-6-7-19-49(45)55-50(46)33-42)41-27-22-37(23-28-41)43-17-9-18-48-51(43)47-30-24-36-12-4-5-15-44(36)52(47)54-48/h1-33H. The van der Waals surface area contributed by atoms with Crippen molar-refractivity contribution in [3.8, 4) is 33.4 Å². The maximum atomic E-state index is 6.53. The molecule has 0 fully saturated rings. The zero-order chi connectivity index (χ0) is 36.3. The molecule has 11 rings (SSSR count). The molecule has 0 radical (unpaired) electrons. The van der Waals surface area contributed by atoms with Gasteiger partial charge in [0.1, 0.15) is 11.2 Å². The number of thiophene rings is 1. The molecule has 0 aliphatic heterocycles. The van der Waals surface area contributed by atoms with Crippen LogP contribution in [0.25, 0.3) is 86.3 Å². The van der Waals surface area contributed by atoms with Crippen LogP contribution in [0.5, 0.6) is 0 Å². The van der Waals surface area contributed by atoms with Crippen molar-refractivity contribution in [3.63, 3.8) is 0 Å². The minimum Gasteiger partial charge on any atom is -0.455 e. The first kappa shape index (κ1) is 31.6. The van der Waals surface area contributed by atoms with Gasteiger partial charge in [-0.25, -0.2) is 0 Å². The molecule has 2 aromatic heterocycles. The van der Waals surface area contributed by atoms with Gasteiger partial charge in [0.2, 0.25) is 0 Å². The molecule has 258 valence electrons. The maximum absolute atomic E-state index is 6.53. The third kappa shape index (κ3) is 5.40. The van der Waals surface area contributed by atoms with E-state index in [2.05, 4.69) is 205 Å². The van der Waals surface area contributed by atoms with Crippen LogP contribution in [-0.4, -0.2) is 0 Å². The molecule has 2 nitrogen and oxygen atoms in total. The van der Waals surface area contributed by atoms with E-state index in [9.17, 15) is 0 Å². The van der Waals surface area contributed by atoms with Crippen LogP contribution in [0.2, 0.25) is 0 Å². The van der Waals surface area contributed by atoms with Gasteiger partial charge in [-0.3, -0.25) is 0 Å². The van der Waals surface area contributed by atoms with Crippen LogP contribution in [0.1, 0.15) is 0 Å². The topological polar surface area (TPSA) is 16.4 Å². The molecule has 0 aliphatic rings. The van der Waals surface area contributed by atoms with Gasteiger partial charge in [0.25, 0.3) is 0 Å². The number of anilines is 3. The zero-order valence-electron chi connectivity index (χ0n) is 29.8. The summed E-state index contributed by atoms with van der Waals surface area (Å²) in [5.74, 6) is 0. The summed E-state index contributed by atoms with van der Waals surface area (Å²) in [5.41, 5.74) is 12.3. The second-order valence-electron chi connectivity index (χ2n) is 14.1. The Balaban J connectivity index is 1.01. The molecule has 0 N–H and O–H groups in total. The van der Waals surface area contributed by atoms with E-state index in [0.717, 1.165) is 50.0 Å². The first-order valence-corrected chi connectivity index (χ1v) is 19.5. The molecule has 0 aliphatic carbocycles. The fourth-order valence-corrected chi connectivity index (χ4v) is 9.34. The van der Waals surface area contributed by atoms with Gasteiger partial charge in [-0.2, -0.15) is 0 Å². The lowest BCUT2D eigenvalue weighted by molar-refractivity contribution is 0.673. The normalized spacial score (nSPS) is 11.6. The summed E-state index contributed by atoms with van der Waals surface area (Å²) in [6.45, 7) is 0. The zero-order valence-corrected chi connectivity index (χ0v) is 30.6. The van der Waals surface area contributed by atoms with Gasteiger partial charge in [0, 0.05) is 53.4 Å². The van der Waals surface area contributed by atoms with Crippen molar-refractivity contribution in [2.45, 2.75) is 0 Å². The Bertz CT molecular complexity index is 3190. The number of rotatable bonds is 6. The fraction of sp³-hybridized carbons (Fsp3) is 0. The average molecular weight is 720 g/mol. The van der Waals surface area contributed by atoms with Crippen LogP contribution >= 0.6 is 11.3 Å². The van der Waals surface area contributed by atoms with E-state index < -0.39 is 0 Å². The summed E-state index contributed by atoms with van der Waals surface area (Å²) >= 11 is 1.85. The molecule has 0 atom stereocenters. The van der Waals surface area contributed by atoms with Crippen molar-refractivity contribution in [1.29, 1.82) is 0 Å². The van der Waals surface area contributed by atoms with Crippen molar-refractivity contribution < 1.29 is 4.42 Å². The van der Waals surface area contributed by atoms with E-state index >= 15 is 0 Å². The predicted octanol–water partition coefficient (Wildman–Crippen LogP) is 15.6. The average Bonchev–Trinajstić information content (AvgIpc) is 3.83. The molecule has 0 amide bonds. The molecule has 3 heteroatoms. The molecular weight excluding hydrogens is 687 g/mol. The van der Waals surface area contributed by atoms with E-state index in [1.54, 1.807) is 0 Å². The summed E-state index contributed by atoms with van der Waals surface area (Å²) in [4.78, 5) is 2.37. The van der Waals surface area contributed by atoms with Gasteiger partial charge in [-0.05, 0) is 99.4 Å². The lowest BCUT2D eigenvalue weighted by Gasteiger charge is -2.26. The molecule has 0 saturated carbocycles. The molecule has 0 bridgehead atoms. The summed E-state index contributed by atoms with van der Waals surface area (Å²) in [6, 6.07) is 72.2. The molecular formula is C52H33NOS. The van der Waals surface area contributed by atoms with Gasteiger partial charge in [-0.1, -0.05) is 140 Å². The minimum atomic E-state index is 0.903. The van der Waals surface area contributed by atoms with Crippen molar-refractivity contribution in [1.82, 2.24) is 0 Å². The second-order valence-corrected chi connectivity index (χ2v) is 15.2. The first-order chi connectivity index (χ1) is 27.2. The van der Waals surface area contributed by atoms with Crippen LogP contribution in [0.3, 0.4) is 0 Å². The highest BCUT2D eigenvalue weighted by Gasteiger charge is 2.18. The molecule has 0 unspecified atom stereocenters. The molecule has 0 saturated heterocycles. The third-order valence-corrected chi connectivity index (χ3v) is 12.0. The van der Waals surface area contributed by atoms with E-state index in [1.807, 2.05) is 11.3 Å². The van der Waals surface area contributed by atoms with Gasteiger partial charge in [0.05, 0.1) is 0 Å². The number of hydrogen-bond acceptors (Lipinski definition) is 3. The smallest absolute Gasteiger partial charge is 0.143 e. The van der Waals surface area contributed by atoms with Crippen LogP contribution in [-0.2, 0) is 0 Å². The highest BCUT2D eigenvalue weighted by atomic mass is 32.1. The van der Waals surface area contributed by atoms with Gasteiger partial charge in [-0.15, -0.1) is 11.3 Å². The predicted molar refractivity (Wildman–Crippen MR) is 235 cm³/mol. The Hall–Kier alpha value is -6.94. The van der Waals surface area contributed by atoms with Crippen LogP contribution in [0.4, 0.5) is 17.1 Å². The van der Waals surface area contributed by atoms with Crippen LogP contribution in [0.15, 0.2) is 205 Å². The third-order valence-electron chi connectivity index (χ3n) is 10.9. The lowest BCUT2D eigenvalue weighted by Crippen LogP contribution is -2.09. The van der Waals surface area contributed by atoms with Crippen LogP contribution in [0, 0.1) is 0 Å². The van der Waals surface area contributed by atoms with E-state index in [4.69, 9.17) is 4.42 Å². The number of benzene rings is 9. The Kier molecular flexibility index (Phi) is 7.39. The van der Waals surface area contributed by atoms with E-state index in [0.29, 0.717) is 0 Å². The quantitative estimate of drug-likeness (QED) is 0.170. The van der Waals surface area contributed by atoms with Gasteiger partial charge >= 0.3 is 0 Å². The summed E-state index contributed by atoms with van der Waals surface area (Å²) in [6.07, 6.45) is 0. The molecule has 0 spiro atoms. The number of hydrogen-bond donors (Lipinski definition) is 0. The van der Waals surface area contributed by atoms with Gasteiger partial charge in [0.15, 0.2) is 0 Å². The highest BCUT2D eigenvalue weighted by molar-refractivity contribution is 7.25. The molecule has 2 heterocycles.